The van der Waals surface area contributed by atoms with Gasteiger partial charge in [-0.05, 0) is 31.5 Å². The van der Waals surface area contributed by atoms with E-state index in [1.54, 1.807) is 11.3 Å². The molecule has 0 N–H and O–H groups in total. The first kappa shape index (κ1) is 9.04. The molecule has 0 amide bonds. The second kappa shape index (κ2) is 2.89. The van der Waals surface area contributed by atoms with Gasteiger partial charge in [0.15, 0.2) is 0 Å². The van der Waals surface area contributed by atoms with Crippen molar-refractivity contribution in [2.45, 2.75) is 26.7 Å². The van der Waals surface area contributed by atoms with Crippen molar-refractivity contribution in [2.75, 3.05) is 0 Å². The summed E-state index contributed by atoms with van der Waals surface area (Å²) < 4.78 is 1.28. The lowest BCUT2D eigenvalue weighted by Gasteiger charge is -2.03. The number of benzene rings is 1. The molecule has 0 fully saturated rings. The van der Waals surface area contributed by atoms with Gasteiger partial charge in [0, 0.05) is 11.6 Å². The lowest BCUT2D eigenvalue weighted by molar-refractivity contribution is 1.05. The van der Waals surface area contributed by atoms with Crippen LogP contribution >= 0.6 is 11.3 Å². The molecule has 0 spiro atoms. The third-order valence-corrected chi connectivity index (χ3v) is 3.97. The van der Waals surface area contributed by atoms with Crippen LogP contribution in [0.1, 0.15) is 30.3 Å². The van der Waals surface area contributed by atoms with E-state index in [-0.39, 0.29) is 0 Å². The molecule has 2 heterocycles. The zero-order chi connectivity index (χ0) is 10.6. The van der Waals surface area contributed by atoms with Crippen LogP contribution in [0.5, 0.6) is 0 Å². The largest absolute Gasteiger partial charge is 0.257 e. The monoisotopic (exact) mass is 216 g/mol. The molecule has 15 heavy (non-hydrogen) atoms. The molecule has 0 radical (unpaired) electrons. The van der Waals surface area contributed by atoms with Crippen LogP contribution in [0, 0.1) is 6.92 Å². The van der Waals surface area contributed by atoms with Crippen molar-refractivity contribution < 1.29 is 0 Å². The Morgan fingerprint density at radius 3 is 2.87 bits per heavy atom. The molecule has 1 aliphatic heterocycles. The van der Waals surface area contributed by atoms with Gasteiger partial charge >= 0.3 is 0 Å². The van der Waals surface area contributed by atoms with Crippen LogP contribution in [0.15, 0.2) is 17.1 Å². The van der Waals surface area contributed by atoms with E-state index in [1.165, 1.54) is 16.0 Å². The minimum absolute atomic E-state index is 0.465. The Kier molecular flexibility index (Phi) is 1.74. The maximum Gasteiger partial charge on any atom is 0.0907 e. The molecule has 1 aliphatic rings. The molecular weight excluding hydrogens is 204 g/mol. The SMILES string of the molecule is CC1=Nc2cc3nc(C)sc3cc2C1C. The number of nitrogens with zero attached hydrogens (tertiary/aromatic N) is 2. The maximum absolute atomic E-state index is 4.57. The van der Waals surface area contributed by atoms with Crippen molar-refractivity contribution in [3.63, 3.8) is 0 Å². The number of aryl methyl sites for hydroxylation is 1. The van der Waals surface area contributed by atoms with Gasteiger partial charge in [-0.15, -0.1) is 11.3 Å². The average Bonchev–Trinajstić information content (AvgIpc) is 2.65. The summed E-state index contributed by atoms with van der Waals surface area (Å²) in [7, 11) is 0. The summed E-state index contributed by atoms with van der Waals surface area (Å²) in [6, 6.07) is 4.36. The molecule has 1 aromatic carbocycles. The average molecular weight is 216 g/mol. The predicted octanol–water partition coefficient (Wildman–Crippen LogP) is 3.81. The first-order chi connectivity index (χ1) is 7.15. The van der Waals surface area contributed by atoms with Gasteiger partial charge in [0.1, 0.15) is 0 Å². The third-order valence-electron chi connectivity index (χ3n) is 3.03. The van der Waals surface area contributed by atoms with Gasteiger partial charge in [-0.1, -0.05) is 6.92 Å². The Labute approximate surface area is 92.7 Å². The zero-order valence-corrected chi connectivity index (χ0v) is 9.85. The van der Waals surface area contributed by atoms with Gasteiger partial charge in [-0.2, -0.15) is 0 Å². The van der Waals surface area contributed by atoms with Crippen molar-refractivity contribution >= 4 is 33.0 Å². The van der Waals surface area contributed by atoms with E-state index >= 15 is 0 Å². The van der Waals surface area contributed by atoms with Gasteiger partial charge < -0.3 is 0 Å². The number of hydrogen-bond donors (Lipinski definition) is 0. The Morgan fingerprint density at radius 2 is 2.07 bits per heavy atom. The summed E-state index contributed by atoms with van der Waals surface area (Å²) in [5.41, 5.74) is 4.75. The molecule has 1 atom stereocenters. The van der Waals surface area contributed by atoms with Crippen molar-refractivity contribution in [3.05, 3.63) is 22.7 Å². The Hall–Kier alpha value is -1.22. The Morgan fingerprint density at radius 1 is 1.27 bits per heavy atom. The molecule has 3 heteroatoms. The first-order valence-corrected chi connectivity index (χ1v) is 5.93. The summed E-state index contributed by atoms with van der Waals surface area (Å²) >= 11 is 1.76. The number of thiazole rings is 1. The van der Waals surface area contributed by atoms with Crippen molar-refractivity contribution in [2.24, 2.45) is 4.99 Å². The number of hydrogen-bond acceptors (Lipinski definition) is 3. The van der Waals surface area contributed by atoms with E-state index in [0.29, 0.717) is 5.92 Å². The number of fused-ring (bicyclic) bond motifs is 2. The summed E-state index contributed by atoms with van der Waals surface area (Å²) in [4.78, 5) is 9.06. The molecule has 2 nitrogen and oxygen atoms in total. The van der Waals surface area contributed by atoms with E-state index < -0.39 is 0 Å². The Balaban J connectivity index is 2.32. The topological polar surface area (TPSA) is 25.2 Å². The summed E-state index contributed by atoms with van der Waals surface area (Å²) in [5.74, 6) is 0.465. The van der Waals surface area contributed by atoms with Crippen molar-refractivity contribution in [1.29, 1.82) is 0 Å². The predicted molar refractivity (Wildman–Crippen MR) is 65.5 cm³/mol. The normalized spacial score (nSPS) is 19.4. The Bertz CT molecular complexity index is 581. The quantitative estimate of drug-likeness (QED) is 0.657. The van der Waals surface area contributed by atoms with Gasteiger partial charge in [0.2, 0.25) is 0 Å². The fourth-order valence-electron chi connectivity index (χ4n) is 2.05. The van der Waals surface area contributed by atoms with Crippen molar-refractivity contribution in [1.82, 2.24) is 4.98 Å². The number of rotatable bonds is 0. The van der Waals surface area contributed by atoms with E-state index in [9.17, 15) is 0 Å². The molecule has 0 saturated carbocycles. The van der Waals surface area contributed by atoms with Crippen LogP contribution in [0.4, 0.5) is 5.69 Å². The van der Waals surface area contributed by atoms with Crippen LogP contribution in [-0.4, -0.2) is 10.7 Å². The fraction of sp³-hybridized carbons (Fsp3) is 0.333. The van der Waals surface area contributed by atoms with E-state index in [2.05, 4.69) is 36.0 Å². The summed E-state index contributed by atoms with van der Waals surface area (Å²) in [6.07, 6.45) is 0. The number of aliphatic imine (C=N–C) groups is 1. The highest BCUT2D eigenvalue weighted by atomic mass is 32.1. The first-order valence-electron chi connectivity index (χ1n) is 5.11. The number of aromatic nitrogens is 1. The molecule has 2 aromatic rings. The van der Waals surface area contributed by atoms with E-state index in [4.69, 9.17) is 0 Å². The molecule has 0 aliphatic carbocycles. The summed E-state index contributed by atoms with van der Waals surface area (Å²) in [5, 5.41) is 1.13. The van der Waals surface area contributed by atoms with Gasteiger partial charge in [0.05, 0.1) is 20.9 Å². The standard InChI is InChI=1S/C12H12N2S/c1-6-7(2)13-10-5-11-12(4-9(6)10)15-8(3)14-11/h4-6H,1-3H3. The molecular formula is C12H12N2S. The van der Waals surface area contributed by atoms with E-state index in [0.717, 1.165) is 16.2 Å². The summed E-state index contributed by atoms with van der Waals surface area (Å²) in [6.45, 7) is 6.36. The fourth-order valence-corrected chi connectivity index (χ4v) is 2.91. The van der Waals surface area contributed by atoms with Gasteiger partial charge in [-0.25, -0.2) is 4.98 Å². The van der Waals surface area contributed by atoms with Crippen LogP contribution in [0.3, 0.4) is 0 Å². The molecule has 0 saturated heterocycles. The zero-order valence-electron chi connectivity index (χ0n) is 9.03. The van der Waals surface area contributed by atoms with E-state index in [1.807, 2.05) is 6.92 Å². The lowest BCUT2D eigenvalue weighted by Crippen LogP contribution is -1.97. The van der Waals surface area contributed by atoms with Crippen LogP contribution in [0.25, 0.3) is 10.2 Å². The van der Waals surface area contributed by atoms with Gasteiger partial charge in [-0.3, -0.25) is 4.99 Å². The highest BCUT2D eigenvalue weighted by Gasteiger charge is 2.21. The second-order valence-corrected chi connectivity index (χ2v) is 5.32. The molecule has 3 rings (SSSR count). The highest BCUT2D eigenvalue weighted by Crippen LogP contribution is 2.39. The third kappa shape index (κ3) is 1.23. The molecule has 76 valence electrons. The molecule has 1 aromatic heterocycles. The lowest BCUT2D eigenvalue weighted by atomic mass is 9.99. The highest BCUT2D eigenvalue weighted by molar-refractivity contribution is 7.18. The van der Waals surface area contributed by atoms with Gasteiger partial charge in [0.25, 0.3) is 0 Å². The van der Waals surface area contributed by atoms with Crippen LogP contribution in [-0.2, 0) is 0 Å². The maximum atomic E-state index is 4.57. The molecule has 0 bridgehead atoms. The van der Waals surface area contributed by atoms with Crippen LogP contribution < -0.4 is 0 Å². The second-order valence-electron chi connectivity index (χ2n) is 4.09. The minimum Gasteiger partial charge on any atom is -0.257 e. The van der Waals surface area contributed by atoms with Crippen LogP contribution in [0.2, 0.25) is 0 Å². The minimum atomic E-state index is 0.465. The molecule has 1 unspecified atom stereocenters. The van der Waals surface area contributed by atoms with Crippen molar-refractivity contribution in [3.8, 4) is 0 Å². The smallest absolute Gasteiger partial charge is 0.0907 e.